The molecule has 0 spiro atoms. The van der Waals surface area contributed by atoms with Crippen LogP contribution in [0.5, 0.6) is 0 Å². The molecule has 1 saturated heterocycles. The topological polar surface area (TPSA) is 102 Å². The molecule has 1 aliphatic carbocycles. The molecule has 7 nitrogen and oxygen atoms in total. The number of carbonyl (C=O) groups is 3. The van der Waals surface area contributed by atoms with Gasteiger partial charge in [-0.1, -0.05) is 6.92 Å². The Morgan fingerprint density at radius 2 is 2.04 bits per heavy atom. The van der Waals surface area contributed by atoms with Crippen LogP contribution in [-0.2, 0) is 27.2 Å². The number of imide groups is 1. The molecule has 3 rings (SSSR count). The van der Waals surface area contributed by atoms with Gasteiger partial charge < -0.3 is 10.6 Å². The zero-order chi connectivity index (χ0) is 18.8. The lowest BCUT2D eigenvalue weighted by atomic mass is 9.89. The number of nitriles is 1. The van der Waals surface area contributed by atoms with Crippen molar-refractivity contribution in [3.63, 3.8) is 0 Å². The zero-order valence-corrected chi connectivity index (χ0v) is 15.9. The summed E-state index contributed by atoms with van der Waals surface area (Å²) in [5, 5.41) is 15.5. The molecule has 3 amide bonds. The molecule has 0 bridgehead atoms. The summed E-state index contributed by atoms with van der Waals surface area (Å²) in [6.07, 6.45) is 3.14. The molecule has 1 aromatic heterocycles. The van der Waals surface area contributed by atoms with Crippen molar-refractivity contribution in [2.75, 3.05) is 11.9 Å². The maximum absolute atomic E-state index is 12.0. The Morgan fingerprint density at radius 3 is 2.69 bits per heavy atom. The molecule has 0 saturated carbocycles. The maximum atomic E-state index is 12.0. The Labute approximate surface area is 160 Å². The fraction of sp³-hybridized carbons (Fsp3) is 0.471. The van der Waals surface area contributed by atoms with Gasteiger partial charge in [-0.3, -0.25) is 19.3 Å². The van der Waals surface area contributed by atoms with Gasteiger partial charge in [0.1, 0.15) is 17.6 Å². The van der Waals surface area contributed by atoms with Crippen LogP contribution in [-0.4, -0.2) is 34.3 Å². The molecule has 136 valence electrons. The molecule has 2 aliphatic rings. The first kappa shape index (κ1) is 18.5. The fourth-order valence-electron chi connectivity index (χ4n) is 3.20. The lowest BCUT2D eigenvalue weighted by molar-refractivity contribution is -0.142. The maximum Gasteiger partial charge on any atom is 0.246 e. The standard InChI is InChI=1S/C17H18N4O3S2/c1-9-2-3-10-11(7-18)16(26-12(10)6-9)20-17(25)19-13(22)8-21-14(23)4-5-15(21)24/h9H,2-6,8H2,1H3,(H2,19,20,22,25)/t9-/m0/s1. The second-order valence-corrected chi connectivity index (χ2v) is 8.06. The van der Waals surface area contributed by atoms with E-state index in [-0.39, 0.29) is 36.3 Å². The van der Waals surface area contributed by atoms with Crippen molar-refractivity contribution in [2.24, 2.45) is 5.92 Å². The molecule has 2 heterocycles. The number of nitrogens with zero attached hydrogens (tertiary/aromatic N) is 2. The van der Waals surface area contributed by atoms with Gasteiger partial charge in [0.2, 0.25) is 17.7 Å². The molecule has 1 fully saturated rings. The van der Waals surface area contributed by atoms with Crippen LogP contribution in [0.2, 0.25) is 0 Å². The van der Waals surface area contributed by atoms with E-state index in [0.717, 1.165) is 29.7 Å². The monoisotopic (exact) mass is 390 g/mol. The summed E-state index contributed by atoms with van der Waals surface area (Å²) in [7, 11) is 0. The number of anilines is 1. The van der Waals surface area contributed by atoms with Crippen molar-refractivity contribution >= 4 is 51.4 Å². The second kappa shape index (κ2) is 7.51. The first-order valence-electron chi connectivity index (χ1n) is 8.37. The Balaban J connectivity index is 1.63. The lowest BCUT2D eigenvalue weighted by Gasteiger charge is -2.17. The molecular formula is C17H18N4O3S2. The van der Waals surface area contributed by atoms with Gasteiger partial charge in [0.15, 0.2) is 5.11 Å². The van der Waals surface area contributed by atoms with Crippen molar-refractivity contribution in [3.05, 3.63) is 16.0 Å². The summed E-state index contributed by atoms with van der Waals surface area (Å²) in [5.74, 6) is -0.658. The summed E-state index contributed by atoms with van der Waals surface area (Å²) in [4.78, 5) is 37.3. The Bertz CT molecular complexity index is 824. The van der Waals surface area contributed by atoms with Crippen LogP contribution in [0.25, 0.3) is 0 Å². The summed E-state index contributed by atoms with van der Waals surface area (Å²) in [6.45, 7) is 1.84. The van der Waals surface area contributed by atoms with E-state index in [2.05, 4.69) is 23.6 Å². The van der Waals surface area contributed by atoms with Gasteiger partial charge in [-0.15, -0.1) is 11.3 Å². The SMILES string of the molecule is C[C@H]1CCc2c(sc(NC(=S)NC(=O)CN3C(=O)CCC3=O)c2C#N)C1. The van der Waals surface area contributed by atoms with Gasteiger partial charge in [-0.05, 0) is 43.0 Å². The van der Waals surface area contributed by atoms with Gasteiger partial charge in [0.25, 0.3) is 0 Å². The molecule has 0 aromatic carbocycles. The van der Waals surface area contributed by atoms with Crippen LogP contribution >= 0.6 is 23.6 Å². The average molecular weight is 390 g/mol. The third kappa shape index (κ3) is 3.76. The van der Waals surface area contributed by atoms with E-state index >= 15 is 0 Å². The molecule has 26 heavy (non-hydrogen) atoms. The summed E-state index contributed by atoms with van der Waals surface area (Å²) in [6, 6.07) is 2.23. The summed E-state index contributed by atoms with van der Waals surface area (Å²) < 4.78 is 0. The number of hydrogen-bond donors (Lipinski definition) is 2. The van der Waals surface area contributed by atoms with Crippen LogP contribution < -0.4 is 10.6 Å². The lowest BCUT2D eigenvalue weighted by Crippen LogP contribution is -2.43. The number of fused-ring (bicyclic) bond motifs is 1. The second-order valence-electron chi connectivity index (χ2n) is 6.54. The van der Waals surface area contributed by atoms with E-state index in [1.165, 1.54) is 16.2 Å². The van der Waals surface area contributed by atoms with Crippen molar-refractivity contribution in [3.8, 4) is 6.07 Å². The summed E-state index contributed by atoms with van der Waals surface area (Å²) >= 11 is 6.64. The molecule has 2 N–H and O–H groups in total. The first-order chi connectivity index (χ1) is 12.4. The average Bonchev–Trinajstić information content (AvgIpc) is 3.07. The molecule has 1 aliphatic heterocycles. The van der Waals surface area contributed by atoms with E-state index in [9.17, 15) is 19.6 Å². The van der Waals surface area contributed by atoms with Gasteiger partial charge in [-0.2, -0.15) is 5.26 Å². The van der Waals surface area contributed by atoms with Crippen LogP contribution in [0.15, 0.2) is 0 Å². The van der Waals surface area contributed by atoms with E-state index < -0.39 is 5.91 Å². The van der Waals surface area contributed by atoms with Crippen molar-refractivity contribution in [1.29, 1.82) is 5.26 Å². The molecule has 9 heteroatoms. The number of thiocarbonyl (C=S) groups is 1. The minimum Gasteiger partial charge on any atom is -0.323 e. The van der Waals surface area contributed by atoms with Crippen molar-refractivity contribution in [2.45, 2.75) is 39.0 Å². The zero-order valence-electron chi connectivity index (χ0n) is 14.3. The molecular weight excluding hydrogens is 372 g/mol. The van der Waals surface area contributed by atoms with Gasteiger partial charge in [0.05, 0.1) is 5.56 Å². The number of likely N-dealkylation sites (tertiary alicyclic amines) is 1. The smallest absolute Gasteiger partial charge is 0.246 e. The quantitative estimate of drug-likeness (QED) is 0.602. The van der Waals surface area contributed by atoms with Gasteiger partial charge >= 0.3 is 0 Å². The van der Waals surface area contributed by atoms with Crippen LogP contribution in [0.3, 0.4) is 0 Å². The Morgan fingerprint density at radius 1 is 1.35 bits per heavy atom. The van der Waals surface area contributed by atoms with Crippen molar-refractivity contribution < 1.29 is 14.4 Å². The minimum atomic E-state index is -0.542. The highest BCUT2D eigenvalue weighted by molar-refractivity contribution is 7.80. The highest BCUT2D eigenvalue weighted by atomic mass is 32.1. The van der Waals surface area contributed by atoms with Crippen LogP contribution in [0.4, 0.5) is 5.00 Å². The van der Waals surface area contributed by atoms with E-state index in [4.69, 9.17) is 12.2 Å². The molecule has 0 radical (unpaired) electrons. The van der Waals surface area contributed by atoms with E-state index in [1.807, 2.05) is 0 Å². The normalized spacial score (nSPS) is 19.1. The number of nitrogens with one attached hydrogen (secondary N) is 2. The highest BCUT2D eigenvalue weighted by Crippen LogP contribution is 2.39. The predicted molar refractivity (Wildman–Crippen MR) is 101 cm³/mol. The highest BCUT2D eigenvalue weighted by Gasteiger charge is 2.30. The Kier molecular flexibility index (Phi) is 5.34. The molecule has 1 atom stereocenters. The van der Waals surface area contributed by atoms with Gasteiger partial charge in [-0.25, -0.2) is 0 Å². The number of rotatable bonds is 3. The number of carbonyl (C=O) groups excluding carboxylic acids is 3. The van der Waals surface area contributed by atoms with Crippen LogP contribution in [0, 0.1) is 17.2 Å². The molecule has 0 unspecified atom stereocenters. The van der Waals surface area contributed by atoms with Crippen LogP contribution in [0.1, 0.15) is 42.2 Å². The third-order valence-corrected chi connectivity index (χ3v) is 5.93. The Hall–Kier alpha value is -2.31. The number of amides is 3. The third-order valence-electron chi connectivity index (χ3n) is 4.56. The fourth-order valence-corrected chi connectivity index (χ4v) is 4.85. The largest absolute Gasteiger partial charge is 0.323 e. The number of hydrogen-bond acceptors (Lipinski definition) is 6. The van der Waals surface area contributed by atoms with Gasteiger partial charge in [0, 0.05) is 17.7 Å². The predicted octanol–water partition coefficient (Wildman–Crippen LogP) is 1.71. The van der Waals surface area contributed by atoms with E-state index in [1.54, 1.807) is 0 Å². The van der Waals surface area contributed by atoms with E-state index in [0.29, 0.717) is 16.5 Å². The summed E-state index contributed by atoms with van der Waals surface area (Å²) in [5.41, 5.74) is 1.65. The molecule has 1 aromatic rings. The first-order valence-corrected chi connectivity index (χ1v) is 9.60. The van der Waals surface area contributed by atoms with Crippen molar-refractivity contribution in [1.82, 2.24) is 10.2 Å². The number of thiophene rings is 1. The minimum absolute atomic E-state index is 0.0530.